The molecule has 0 fully saturated rings. The zero-order chi connectivity index (χ0) is 53.5. The summed E-state index contributed by atoms with van der Waals surface area (Å²) in [7, 11) is 43.8. The lowest BCUT2D eigenvalue weighted by atomic mass is 9.61. The smallest absolute Gasteiger partial charge is 0.164 e. The molecule has 0 amide bonds. The van der Waals surface area contributed by atoms with E-state index in [4.69, 9.17) is 15.0 Å². The molecule has 0 aliphatic carbocycles. The second-order valence-electron chi connectivity index (χ2n) is 22.1. The first kappa shape index (κ1) is 51.1. The molecule has 0 radical (unpaired) electrons. The largest absolute Gasteiger partial charge is 0.312 e. The van der Waals surface area contributed by atoms with E-state index in [-0.39, 0.29) is 0 Å². The van der Waals surface area contributed by atoms with Gasteiger partial charge < -0.3 is 4.57 Å². The lowest BCUT2D eigenvalue weighted by Crippen LogP contribution is -2.56. The lowest BCUT2D eigenvalue weighted by molar-refractivity contribution is 1.08. The molecule has 11 aromatic rings. The molecular weight excluding hydrogens is 906 g/mol. The van der Waals surface area contributed by atoms with Crippen LogP contribution in [0.3, 0.4) is 0 Å². The molecule has 338 valence electrons. The van der Waals surface area contributed by atoms with Crippen molar-refractivity contribution < 1.29 is 0 Å². The predicted octanol–water partition coefficient (Wildman–Crippen LogP) is -19.4. The van der Waals surface area contributed by atoms with Gasteiger partial charge in [-0.1, -0.05) is 155 Å². The number of hydrogen-bond donors (Lipinski definition) is 0. The minimum Gasteiger partial charge on any atom is -0.312 e. The first-order valence-corrected chi connectivity index (χ1v) is 27.5. The van der Waals surface area contributed by atoms with Gasteiger partial charge in [0.15, 0.2) is 17.5 Å². The summed E-state index contributed by atoms with van der Waals surface area (Å²) in [5, 5.41) is 5.17. The summed E-state index contributed by atoms with van der Waals surface area (Å²) in [5.74, 6) is 2.07. The van der Waals surface area contributed by atoms with E-state index < -0.39 is 0 Å². The van der Waals surface area contributed by atoms with Crippen LogP contribution in [0.2, 0.25) is 0 Å². The molecule has 0 spiro atoms. The van der Waals surface area contributed by atoms with Crippen LogP contribution >= 0.6 is 11.3 Å². The van der Waals surface area contributed by atoms with Crippen molar-refractivity contribution in [1.82, 2.24) is 19.5 Å². The highest BCUT2D eigenvalue weighted by Gasteiger charge is 2.30. The third-order valence-corrected chi connectivity index (χ3v) is 20.1. The second kappa shape index (κ2) is 18.6. The van der Waals surface area contributed by atoms with Gasteiger partial charge in [0.25, 0.3) is 0 Å². The maximum Gasteiger partial charge on any atom is 0.164 e. The fourth-order valence-corrected chi connectivity index (χ4v) is 14.2. The van der Waals surface area contributed by atoms with Crippen LogP contribution in [0.1, 0.15) is 0 Å². The zero-order valence-corrected chi connectivity index (χ0v) is 48.5. The molecule has 0 aliphatic rings. The Kier molecular flexibility index (Phi) is 12.7. The fraction of sp³-hybridized carbons (Fsp3) is 0. The summed E-state index contributed by atoms with van der Waals surface area (Å²) >= 11 is 1.91. The highest BCUT2D eigenvalue weighted by molar-refractivity contribution is 7.28. The number of thiophene rings is 1. The molecule has 0 N–H and O–H groups in total. The number of hydrogen-bond acceptors (Lipinski definition) is 4. The number of benzene rings is 8. The van der Waals surface area contributed by atoms with Gasteiger partial charge in [-0.3, -0.25) is 0 Å². The van der Waals surface area contributed by atoms with Crippen molar-refractivity contribution in [2.24, 2.45) is 0 Å². The molecule has 0 saturated heterocycles. The molecule has 75 heavy (non-hydrogen) atoms. The summed E-state index contributed by atoms with van der Waals surface area (Å²) in [6, 6.07) is 28.3. The highest BCUT2D eigenvalue weighted by atomic mass is 32.1. The molecule has 24 heteroatoms. The summed E-state index contributed by atoms with van der Waals surface area (Å²) < 4.78 is 5.24. The molecule has 3 aromatic heterocycles. The topological polar surface area (TPSA) is 43.6 Å². The van der Waals surface area contributed by atoms with Gasteiger partial charge in [0.05, 0.1) is 0 Å². The highest BCUT2D eigenvalue weighted by Crippen LogP contribution is 2.38. The maximum absolute atomic E-state index is 5.85. The Morgan fingerprint density at radius 3 is 1.25 bits per heavy atom. The van der Waals surface area contributed by atoms with Gasteiger partial charge in [-0.25, -0.2) is 15.0 Å². The van der Waals surface area contributed by atoms with Crippen LogP contribution in [0.15, 0.2) is 78.9 Å². The average molecular weight is 957 g/mol. The Morgan fingerprint density at radius 1 is 0.280 bits per heavy atom. The Hall–Kier alpha value is -5.98. The van der Waals surface area contributed by atoms with Gasteiger partial charge in [-0.05, 0) is 39.1 Å². The third kappa shape index (κ3) is 7.56. The molecule has 8 aromatic carbocycles. The van der Waals surface area contributed by atoms with E-state index in [0.717, 1.165) is 22.3 Å². The molecule has 0 aliphatic heterocycles. The van der Waals surface area contributed by atoms with Crippen molar-refractivity contribution in [1.29, 1.82) is 0 Å². The van der Waals surface area contributed by atoms with Crippen LogP contribution in [0, 0.1) is 0 Å². The van der Waals surface area contributed by atoms with Gasteiger partial charge in [0.1, 0.15) is 149 Å². The standard InChI is InChI=1S/C51H51B19N4S/c52-25-20-19-23(28(55)33(60)39(66)44(19)74(45(20)40(67)35(62)31(25)58)46-41(68)36(63)34(61)37(64)42(46)69)50-71-49(16-11-9-15(10-12-16)18-8-4-7-17(13-18)14-5-2-1-3-6-14)72-51(73-50)24-29(56)30(57)26(53)21-22-27(54)32(59)38(65)43(70)48(22)75-47(21)24/h1-13H,52-70H2. The summed E-state index contributed by atoms with van der Waals surface area (Å²) in [6.07, 6.45) is 0. The van der Waals surface area contributed by atoms with Crippen LogP contribution in [0.4, 0.5) is 0 Å². The molecule has 0 atom stereocenters. The number of fused-ring (bicyclic) bond motifs is 6. The molecule has 3 heterocycles. The Labute approximate surface area is 463 Å². The minimum atomic E-state index is 0.663. The average Bonchev–Trinajstić information content (AvgIpc) is 4.05. The van der Waals surface area contributed by atoms with Crippen LogP contribution in [0.25, 0.3) is 104 Å². The Balaban J connectivity index is 1.28. The summed E-state index contributed by atoms with van der Waals surface area (Å²) in [5.41, 5.74) is 36.5. The number of nitrogens with zero attached hydrogens (tertiary/aromatic N) is 4. The van der Waals surface area contributed by atoms with Gasteiger partial charge in [0.2, 0.25) is 0 Å². The van der Waals surface area contributed by atoms with E-state index in [1.807, 2.05) is 11.3 Å². The first-order valence-electron chi connectivity index (χ1n) is 26.7. The monoisotopic (exact) mass is 961 g/mol. The van der Waals surface area contributed by atoms with Gasteiger partial charge >= 0.3 is 0 Å². The molecule has 0 saturated carbocycles. The Morgan fingerprint density at radius 2 is 0.667 bits per heavy atom. The second-order valence-corrected chi connectivity index (χ2v) is 23.1. The van der Waals surface area contributed by atoms with E-state index in [1.165, 1.54) is 168 Å². The Bertz CT molecular complexity index is 4320. The maximum atomic E-state index is 5.85. The van der Waals surface area contributed by atoms with Gasteiger partial charge in [0, 0.05) is 53.6 Å². The van der Waals surface area contributed by atoms with Crippen molar-refractivity contribution in [3.05, 3.63) is 78.9 Å². The van der Waals surface area contributed by atoms with Crippen LogP contribution in [-0.2, 0) is 0 Å². The van der Waals surface area contributed by atoms with Crippen LogP contribution in [-0.4, -0.2) is 169 Å². The van der Waals surface area contributed by atoms with E-state index in [1.54, 1.807) is 0 Å². The SMILES string of the molecule is Bc1c(B)c(B)c(-n2c3c(B)c(B)c(B)c(B)c3c3c(-c4nc(-c5ccc(-c6cccc(-c7ccccc7)c6)cc5)nc(-c5c(B)c(B)c(B)c6c5sc5c(B)c(B)c(B)c(B)c56)n4)c(B)c(B)c(B)c32)c(B)c1B. The molecule has 11 rings (SSSR count). The number of aromatic nitrogens is 4. The van der Waals surface area contributed by atoms with Crippen molar-refractivity contribution in [3.8, 4) is 62.1 Å². The normalized spacial score (nSPS) is 11.7. The van der Waals surface area contributed by atoms with Crippen LogP contribution < -0.4 is 104 Å². The zero-order valence-electron chi connectivity index (χ0n) is 47.7. The van der Waals surface area contributed by atoms with E-state index in [9.17, 15) is 0 Å². The quantitative estimate of drug-likeness (QED) is 0.156. The van der Waals surface area contributed by atoms with E-state index in [2.05, 4.69) is 233 Å². The lowest BCUT2D eigenvalue weighted by Gasteiger charge is -2.25. The van der Waals surface area contributed by atoms with Crippen molar-refractivity contribution >= 4 is 306 Å². The van der Waals surface area contributed by atoms with Gasteiger partial charge in [-0.2, -0.15) is 0 Å². The van der Waals surface area contributed by atoms with Gasteiger partial charge in [-0.15, -0.1) is 33.2 Å². The molecule has 0 unspecified atom stereocenters. The minimum absolute atomic E-state index is 0.663. The van der Waals surface area contributed by atoms with E-state index >= 15 is 0 Å². The molecule has 4 nitrogen and oxygen atoms in total. The van der Waals surface area contributed by atoms with Crippen LogP contribution in [0.5, 0.6) is 0 Å². The molecule has 0 bridgehead atoms. The van der Waals surface area contributed by atoms with Crippen molar-refractivity contribution in [3.63, 3.8) is 0 Å². The number of rotatable bonds is 6. The summed E-state index contributed by atoms with van der Waals surface area (Å²) in [4.78, 5) is 17.2. The van der Waals surface area contributed by atoms with E-state index in [0.29, 0.717) is 17.5 Å². The summed E-state index contributed by atoms with van der Waals surface area (Å²) in [6.45, 7) is 0. The molecular formula is C51H51B19N4S. The van der Waals surface area contributed by atoms with Crippen molar-refractivity contribution in [2.75, 3.05) is 0 Å². The first-order chi connectivity index (χ1) is 35.7. The van der Waals surface area contributed by atoms with Crippen molar-refractivity contribution in [2.45, 2.75) is 0 Å². The third-order valence-electron chi connectivity index (χ3n) is 18.8. The fourth-order valence-electron chi connectivity index (χ4n) is 12.6. The predicted molar refractivity (Wildman–Crippen MR) is 390 cm³/mol.